The fourth-order valence-electron chi connectivity index (χ4n) is 10.1. The van der Waals surface area contributed by atoms with Crippen LogP contribution in [0, 0.1) is 29.6 Å². The second-order valence-electron chi connectivity index (χ2n) is 17.3. The Morgan fingerprint density at radius 2 is 1.74 bits per heavy atom. The lowest BCUT2D eigenvalue weighted by Gasteiger charge is -2.61. The molecule has 4 aliphatic heterocycles. The Bertz CT molecular complexity index is 1580. The highest BCUT2D eigenvalue weighted by molar-refractivity contribution is 6.05. The van der Waals surface area contributed by atoms with Gasteiger partial charge in [-0.1, -0.05) is 71.8 Å². The van der Waals surface area contributed by atoms with E-state index < -0.39 is 100 Å². The molecule has 2 saturated carbocycles. The van der Waals surface area contributed by atoms with E-state index in [0.717, 1.165) is 25.7 Å². The standard InChI is InChI=1S/C40H56O13/c1-8-9-10-11-12-13-14-15-37-51-33-29-32-36(20-41,50-32)34(45)38(46)26(18-24(6)30(38)44)39(29,52-37)25(19-47-27(42)16-22(2)3)31(49-28(43)17-23(4)5)40(33,53-37)35(7)21-48-35/h12-15,18,22-23,25-26,29,31-34,41,45-46H,8-11,16-17,19-21H2,1-7H3/b13-12+,15-14+/t25-,26-,29+,31+,32+,33-,34-,35+,36+,37+,38-,39+,40+/m1/s1. The van der Waals surface area contributed by atoms with Crippen molar-refractivity contribution in [3.05, 3.63) is 36.0 Å². The first-order valence-corrected chi connectivity index (χ1v) is 19.4. The Kier molecular flexibility index (Phi) is 9.75. The maximum absolute atomic E-state index is 14.1. The summed E-state index contributed by atoms with van der Waals surface area (Å²) < 4.78 is 46.1. The van der Waals surface area contributed by atoms with Crippen molar-refractivity contribution in [2.75, 3.05) is 19.8 Å². The van der Waals surface area contributed by atoms with Crippen molar-refractivity contribution in [1.82, 2.24) is 0 Å². The van der Waals surface area contributed by atoms with Crippen molar-refractivity contribution in [3.8, 4) is 0 Å². The van der Waals surface area contributed by atoms with Gasteiger partial charge in [0, 0.05) is 30.8 Å². The molecule has 6 fully saturated rings. The summed E-state index contributed by atoms with van der Waals surface area (Å²) in [7, 11) is 0. The quantitative estimate of drug-likeness (QED) is 0.0963. The topological polar surface area (TPSA) is 183 Å². The molecule has 13 heteroatoms. The number of epoxide rings is 2. The predicted octanol–water partition coefficient (Wildman–Crippen LogP) is 3.22. The van der Waals surface area contributed by atoms with Crippen LogP contribution < -0.4 is 0 Å². The fraction of sp³-hybridized carbons (Fsp3) is 0.775. The van der Waals surface area contributed by atoms with E-state index in [1.165, 1.54) is 6.92 Å². The van der Waals surface area contributed by atoms with E-state index in [4.69, 9.17) is 33.2 Å². The largest absolute Gasteiger partial charge is 0.465 e. The summed E-state index contributed by atoms with van der Waals surface area (Å²) in [5, 5.41) is 35.6. The highest BCUT2D eigenvalue weighted by Gasteiger charge is 2.93. The molecular formula is C40H56O13. The average molecular weight is 745 g/mol. The lowest BCUT2D eigenvalue weighted by atomic mass is 9.51. The number of hydrogen-bond donors (Lipinski definition) is 3. The Hall–Kier alpha value is -2.49. The van der Waals surface area contributed by atoms with Crippen molar-refractivity contribution in [1.29, 1.82) is 0 Å². The van der Waals surface area contributed by atoms with E-state index >= 15 is 0 Å². The van der Waals surface area contributed by atoms with Gasteiger partial charge in [-0.05, 0) is 44.1 Å². The molecule has 13 atom stereocenters. The molecule has 0 radical (unpaired) electrons. The predicted molar refractivity (Wildman–Crippen MR) is 187 cm³/mol. The number of Topliss-reactive ketones (excluding diaryl/α,β-unsaturated/α-hetero) is 1. The molecule has 0 aromatic heterocycles. The van der Waals surface area contributed by atoms with Crippen LogP contribution in [0.3, 0.4) is 0 Å². The lowest BCUT2D eigenvalue weighted by Crippen LogP contribution is -2.79. The third kappa shape index (κ3) is 5.58. The van der Waals surface area contributed by atoms with Crippen molar-refractivity contribution >= 4 is 17.7 Å². The SMILES string of the molecule is CCCCC/C=C/C=C/[C@]12O[C@@H]3[C@@H]4[C@@H]5O[C@]5(CO)[C@@H](O)[C@]5(O)C(=O)C(C)=C[C@H]5[C@@]4(O1)[C@H](COC(=O)CC(C)C)[C@H](OC(=O)CC(C)C)[C@]3([C@]1(C)CO1)O2. The number of fused-ring (bicyclic) bond motifs is 3. The molecule has 3 N–H and O–H groups in total. The number of rotatable bonds is 15. The van der Waals surface area contributed by atoms with Crippen LogP contribution in [0.1, 0.15) is 87.0 Å². The van der Waals surface area contributed by atoms with Gasteiger partial charge in [0.15, 0.2) is 17.0 Å². The summed E-state index contributed by atoms with van der Waals surface area (Å²) in [6.07, 6.45) is 7.86. The normalized spacial score (nSPS) is 46.1. The molecule has 0 spiro atoms. The number of esters is 2. The minimum atomic E-state index is -2.55. The zero-order valence-electron chi connectivity index (χ0n) is 31.9. The molecule has 13 nitrogen and oxygen atoms in total. The van der Waals surface area contributed by atoms with Gasteiger partial charge in [0.25, 0.3) is 0 Å². The summed E-state index contributed by atoms with van der Waals surface area (Å²) in [5.41, 5.74) is -8.66. The Morgan fingerprint density at radius 1 is 1.04 bits per heavy atom. The molecule has 0 amide bonds. The lowest BCUT2D eigenvalue weighted by molar-refractivity contribution is -0.409. The number of allylic oxidation sites excluding steroid dienone is 3. The maximum Gasteiger partial charge on any atom is 0.306 e. The van der Waals surface area contributed by atoms with E-state index in [2.05, 4.69) is 6.92 Å². The van der Waals surface area contributed by atoms with Crippen LogP contribution in [0.2, 0.25) is 0 Å². The Morgan fingerprint density at radius 3 is 2.38 bits per heavy atom. The van der Waals surface area contributed by atoms with E-state index in [1.807, 2.05) is 46.8 Å². The first-order chi connectivity index (χ1) is 25.0. The third-order valence-electron chi connectivity index (χ3n) is 12.6. The molecule has 53 heavy (non-hydrogen) atoms. The maximum atomic E-state index is 14.1. The molecule has 7 rings (SSSR count). The third-order valence-corrected chi connectivity index (χ3v) is 12.6. The van der Waals surface area contributed by atoms with Crippen molar-refractivity contribution < 1.29 is 62.9 Å². The number of aliphatic hydroxyl groups is 3. The van der Waals surface area contributed by atoms with Crippen LogP contribution in [0.5, 0.6) is 0 Å². The molecule has 3 bridgehead atoms. The van der Waals surface area contributed by atoms with E-state index in [-0.39, 0.29) is 43.5 Å². The molecular weight excluding hydrogens is 688 g/mol. The van der Waals surface area contributed by atoms with Gasteiger partial charge in [0.1, 0.15) is 47.8 Å². The number of ether oxygens (including phenoxy) is 7. The molecule has 0 unspecified atom stereocenters. The highest BCUT2D eigenvalue weighted by atomic mass is 16.9. The van der Waals surface area contributed by atoms with Crippen LogP contribution >= 0.6 is 0 Å². The summed E-state index contributed by atoms with van der Waals surface area (Å²) in [6.45, 7) is 12.2. The monoisotopic (exact) mass is 744 g/mol. The average Bonchev–Trinajstić information content (AvgIpc) is 3.99. The van der Waals surface area contributed by atoms with Crippen molar-refractivity contribution in [2.24, 2.45) is 29.6 Å². The molecule has 0 aromatic rings. The van der Waals surface area contributed by atoms with Gasteiger partial charge >= 0.3 is 17.9 Å². The van der Waals surface area contributed by atoms with Crippen LogP contribution in [0.25, 0.3) is 0 Å². The number of carbonyl (C=O) groups is 3. The molecule has 4 heterocycles. The highest BCUT2D eigenvalue weighted by Crippen LogP contribution is 2.74. The molecule has 7 aliphatic rings. The van der Waals surface area contributed by atoms with Crippen molar-refractivity contribution in [2.45, 2.75) is 145 Å². The minimum Gasteiger partial charge on any atom is -0.465 e. The second kappa shape index (κ2) is 13.3. The summed E-state index contributed by atoms with van der Waals surface area (Å²) >= 11 is 0. The van der Waals surface area contributed by atoms with Crippen LogP contribution in [0.4, 0.5) is 0 Å². The van der Waals surface area contributed by atoms with Gasteiger partial charge in [-0.15, -0.1) is 0 Å². The van der Waals surface area contributed by atoms with Crippen molar-refractivity contribution in [3.63, 3.8) is 0 Å². The van der Waals surface area contributed by atoms with Gasteiger partial charge in [0.05, 0.1) is 19.1 Å². The first kappa shape index (κ1) is 38.8. The molecule has 3 aliphatic carbocycles. The smallest absolute Gasteiger partial charge is 0.306 e. The zero-order chi connectivity index (χ0) is 38.4. The van der Waals surface area contributed by atoms with Crippen LogP contribution in [0.15, 0.2) is 36.0 Å². The zero-order valence-corrected chi connectivity index (χ0v) is 31.9. The van der Waals surface area contributed by atoms with E-state index in [0.29, 0.717) is 0 Å². The molecule has 0 aromatic carbocycles. The van der Waals surface area contributed by atoms with Crippen LogP contribution in [-0.4, -0.2) is 111 Å². The fourth-order valence-corrected chi connectivity index (χ4v) is 10.1. The van der Waals surface area contributed by atoms with Gasteiger partial charge in [-0.25, -0.2) is 0 Å². The number of unbranched alkanes of at least 4 members (excludes halogenated alkanes) is 3. The number of hydrogen-bond acceptors (Lipinski definition) is 13. The second-order valence-corrected chi connectivity index (χ2v) is 17.3. The number of ketones is 1. The Labute approximate surface area is 311 Å². The summed E-state index contributed by atoms with van der Waals surface area (Å²) in [5.74, 6) is -7.23. The van der Waals surface area contributed by atoms with Gasteiger partial charge in [-0.2, -0.15) is 0 Å². The summed E-state index contributed by atoms with van der Waals surface area (Å²) in [6, 6.07) is 0. The first-order valence-electron chi connectivity index (χ1n) is 19.4. The molecule has 4 saturated heterocycles. The van der Waals surface area contributed by atoms with E-state index in [9.17, 15) is 29.7 Å². The van der Waals surface area contributed by atoms with Crippen LogP contribution in [-0.2, 0) is 47.5 Å². The number of aliphatic hydroxyl groups excluding tert-OH is 2. The minimum absolute atomic E-state index is 0.0194. The summed E-state index contributed by atoms with van der Waals surface area (Å²) in [4.78, 5) is 41.3. The number of carbonyl (C=O) groups excluding carboxylic acids is 3. The van der Waals surface area contributed by atoms with Gasteiger partial charge in [0.2, 0.25) is 0 Å². The molecule has 294 valence electrons. The van der Waals surface area contributed by atoms with Gasteiger partial charge < -0.3 is 48.5 Å². The Balaban J connectivity index is 1.46. The van der Waals surface area contributed by atoms with E-state index in [1.54, 1.807) is 18.2 Å². The van der Waals surface area contributed by atoms with Gasteiger partial charge in [-0.3, -0.25) is 14.4 Å².